The van der Waals surface area contributed by atoms with Gasteiger partial charge in [0.15, 0.2) is 11.5 Å². The molecule has 1 heterocycles. The molecule has 4 rings (SSSR count). The highest BCUT2D eigenvalue weighted by Crippen LogP contribution is 2.35. The van der Waals surface area contributed by atoms with E-state index >= 15 is 0 Å². The summed E-state index contributed by atoms with van der Waals surface area (Å²) >= 11 is 25.0. The van der Waals surface area contributed by atoms with Gasteiger partial charge < -0.3 is 19.5 Å². The van der Waals surface area contributed by atoms with Gasteiger partial charge in [0.1, 0.15) is 10.1 Å². The molecule has 1 saturated heterocycles. The first-order chi connectivity index (χ1) is 20.0. The lowest BCUT2D eigenvalue weighted by atomic mass is 10.1. The van der Waals surface area contributed by atoms with Crippen molar-refractivity contribution in [2.24, 2.45) is 0 Å². The first-order valence-electron chi connectivity index (χ1n) is 12.7. The number of hydrogen-bond acceptors (Lipinski definition) is 7. The van der Waals surface area contributed by atoms with E-state index in [-0.39, 0.29) is 5.91 Å². The van der Waals surface area contributed by atoms with Crippen LogP contribution in [0.3, 0.4) is 0 Å². The average Bonchev–Trinajstić information content (AvgIpc) is 3.23. The lowest BCUT2D eigenvalue weighted by Gasteiger charge is -2.26. The summed E-state index contributed by atoms with van der Waals surface area (Å²) in [5.74, 6) is 1.01. The lowest BCUT2D eigenvalue weighted by Crippen LogP contribution is -2.47. The van der Waals surface area contributed by atoms with Crippen molar-refractivity contribution in [3.05, 3.63) is 93.9 Å². The number of alkyl halides is 3. The molecule has 0 radical (unpaired) electrons. The van der Waals surface area contributed by atoms with Crippen molar-refractivity contribution < 1.29 is 23.8 Å². The second-order valence-corrected chi connectivity index (χ2v) is 13.3. The highest BCUT2D eigenvalue weighted by atomic mass is 35.6. The number of methoxy groups -OCH3 is 2. The summed E-state index contributed by atoms with van der Waals surface area (Å²) in [6.45, 7) is 2.35. The molecule has 0 bridgehead atoms. The molecule has 0 aromatic heterocycles. The number of nitrogens with one attached hydrogen (secondary N) is 1. The Morgan fingerprint density at radius 2 is 1.69 bits per heavy atom. The molecule has 3 aromatic rings. The summed E-state index contributed by atoms with van der Waals surface area (Å²) in [5, 5.41) is 2.62. The van der Waals surface area contributed by atoms with Crippen molar-refractivity contribution in [3.63, 3.8) is 0 Å². The van der Waals surface area contributed by atoms with E-state index in [9.17, 15) is 9.59 Å². The summed E-state index contributed by atoms with van der Waals surface area (Å²) in [6, 6.07) is 19.4. The number of ether oxygens (including phenoxy) is 3. The highest BCUT2D eigenvalue weighted by Gasteiger charge is 2.36. The van der Waals surface area contributed by atoms with Crippen molar-refractivity contribution in [1.29, 1.82) is 0 Å². The number of benzene rings is 3. The number of carbonyl (C=O) groups is 2. The molecule has 0 spiro atoms. The van der Waals surface area contributed by atoms with Crippen molar-refractivity contribution in [2.75, 3.05) is 20.8 Å². The van der Waals surface area contributed by atoms with Crippen LogP contribution in [0.25, 0.3) is 6.08 Å². The fourth-order valence-corrected chi connectivity index (χ4v) is 5.59. The maximum atomic E-state index is 13.1. The van der Waals surface area contributed by atoms with Gasteiger partial charge in [0.05, 0.1) is 19.1 Å². The van der Waals surface area contributed by atoms with E-state index in [1.807, 2.05) is 37.3 Å². The SMILES string of the molecule is COc1ccc(CCN2C(=O)C(=Cc3ccc(OC(NC(=O)c4ccc(C)cc4)C(Cl)(Cl)Cl)cc3)SC2=S)cc1OC. The van der Waals surface area contributed by atoms with Gasteiger partial charge >= 0.3 is 0 Å². The van der Waals surface area contributed by atoms with E-state index in [0.717, 1.165) is 16.7 Å². The van der Waals surface area contributed by atoms with Gasteiger partial charge in [-0.25, -0.2) is 0 Å². The van der Waals surface area contributed by atoms with Crippen LogP contribution in [0.15, 0.2) is 71.6 Å². The van der Waals surface area contributed by atoms with Crippen molar-refractivity contribution in [1.82, 2.24) is 10.2 Å². The third-order valence-electron chi connectivity index (χ3n) is 6.25. The van der Waals surface area contributed by atoms with E-state index in [1.165, 1.54) is 11.8 Å². The number of carbonyl (C=O) groups excluding carboxylic acids is 2. The van der Waals surface area contributed by atoms with Crippen LogP contribution in [0, 0.1) is 6.92 Å². The molecule has 12 heteroatoms. The molecule has 1 unspecified atom stereocenters. The monoisotopic (exact) mass is 664 g/mol. The zero-order valence-corrected chi connectivity index (χ0v) is 26.8. The topological polar surface area (TPSA) is 77.1 Å². The number of aryl methyl sites for hydroxylation is 1. The fourth-order valence-electron chi connectivity index (χ4n) is 3.99. The van der Waals surface area contributed by atoms with Gasteiger partial charge in [0.25, 0.3) is 11.8 Å². The van der Waals surface area contributed by atoms with Crippen LogP contribution in [-0.2, 0) is 11.2 Å². The Morgan fingerprint density at radius 1 is 1.02 bits per heavy atom. The Kier molecular flexibility index (Phi) is 10.7. The van der Waals surface area contributed by atoms with Gasteiger partial charge in [-0.3, -0.25) is 14.5 Å². The number of rotatable bonds is 10. The minimum atomic E-state index is -1.94. The predicted octanol–water partition coefficient (Wildman–Crippen LogP) is 6.96. The third-order valence-corrected chi connectivity index (χ3v) is 8.22. The summed E-state index contributed by atoms with van der Waals surface area (Å²) in [7, 11) is 3.16. The maximum absolute atomic E-state index is 13.1. The first-order valence-corrected chi connectivity index (χ1v) is 15.0. The summed E-state index contributed by atoms with van der Waals surface area (Å²) in [6.07, 6.45) is 1.09. The minimum Gasteiger partial charge on any atom is -0.493 e. The molecule has 1 atom stereocenters. The lowest BCUT2D eigenvalue weighted by molar-refractivity contribution is -0.122. The standard InChI is InChI=1S/C30H27Cl3N2O5S2/c1-18-4-9-21(10-5-18)26(36)34-28(30(31,32)33)40-22-11-6-19(7-12-22)17-25-27(37)35(29(41)42-25)15-14-20-8-13-23(38-2)24(16-20)39-3/h4-13,16-17,28H,14-15H2,1-3H3,(H,34,36). The van der Waals surface area contributed by atoms with E-state index in [1.54, 1.807) is 61.6 Å². The number of nitrogens with zero attached hydrogens (tertiary/aromatic N) is 1. The number of thiocarbonyl (C=S) groups is 1. The van der Waals surface area contributed by atoms with E-state index in [2.05, 4.69) is 5.32 Å². The molecule has 7 nitrogen and oxygen atoms in total. The normalized spacial score (nSPS) is 15.1. The predicted molar refractivity (Wildman–Crippen MR) is 173 cm³/mol. The molecule has 0 aliphatic carbocycles. The average molecular weight is 666 g/mol. The van der Waals surface area contributed by atoms with Crippen molar-refractivity contribution in [2.45, 2.75) is 23.4 Å². The Hall–Kier alpha value is -2.95. The maximum Gasteiger partial charge on any atom is 0.266 e. The summed E-state index contributed by atoms with van der Waals surface area (Å²) in [5.41, 5.74) is 3.15. The van der Waals surface area contributed by atoms with Gasteiger partial charge in [-0.05, 0) is 66.9 Å². The molecular weight excluding hydrogens is 639 g/mol. The van der Waals surface area contributed by atoms with Gasteiger partial charge in [-0.1, -0.05) is 94.7 Å². The Labute approximate surface area is 269 Å². The molecule has 1 N–H and O–H groups in total. The van der Waals surface area contributed by atoms with Crippen molar-refractivity contribution >= 4 is 81.0 Å². The van der Waals surface area contributed by atoms with Gasteiger partial charge in [-0.15, -0.1) is 0 Å². The van der Waals surface area contributed by atoms with Crippen molar-refractivity contribution in [3.8, 4) is 17.2 Å². The summed E-state index contributed by atoms with van der Waals surface area (Å²) < 4.78 is 15.0. The molecule has 1 aliphatic rings. The van der Waals surface area contributed by atoms with Crippen LogP contribution < -0.4 is 19.5 Å². The van der Waals surface area contributed by atoms with Crippen LogP contribution in [0.2, 0.25) is 0 Å². The highest BCUT2D eigenvalue weighted by molar-refractivity contribution is 8.26. The molecule has 2 amide bonds. The largest absolute Gasteiger partial charge is 0.493 e. The molecule has 42 heavy (non-hydrogen) atoms. The van der Waals surface area contributed by atoms with Gasteiger partial charge in [0.2, 0.25) is 10.0 Å². The van der Waals surface area contributed by atoms with Crippen LogP contribution in [-0.4, -0.2) is 51.8 Å². The number of thioether (sulfide) groups is 1. The summed E-state index contributed by atoms with van der Waals surface area (Å²) in [4.78, 5) is 27.9. The van der Waals surface area contributed by atoms with Gasteiger partial charge in [-0.2, -0.15) is 0 Å². The molecular formula is C30H27Cl3N2O5S2. The number of halogens is 3. The van der Waals surface area contributed by atoms with Crippen LogP contribution in [0.1, 0.15) is 27.0 Å². The zero-order chi connectivity index (χ0) is 30.4. The second-order valence-electron chi connectivity index (χ2n) is 9.22. The molecule has 0 saturated carbocycles. The first kappa shape index (κ1) is 32.0. The quantitative estimate of drug-likeness (QED) is 0.109. The van der Waals surface area contributed by atoms with Crippen LogP contribution in [0.4, 0.5) is 0 Å². The number of amides is 2. The zero-order valence-electron chi connectivity index (χ0n) is 22.9. The minimum absolute atomic E-state index is 0.166. The Bertz CT molecular complexity index is 1490. The molecule has 3 aromatic carbocycles. The van der Waals surface area contributed by atoms with Crippen LogP contribution in [0.5, 0.6) is 17.2 Å². The number of hydrogen-bond donors (Lipinski definition) is 1. The third kappa shape index (κ3) is 8.11. The molecule has 220 valence electrons. The van der Waals surface area contributed by atoms with E-state index < -0.39 is 15.9 Å². The molecule has 1 aliphatic heterocycles. The Morgan fingerprint density at radius 3 is 2.31 bits per heavy atom. The van der Waals surface area contributed by atoms with E-state index in [0.29, 0.717) is 45.0 Å². The van der Waals surface area contributed by atoms with E-state index in [4.69, 9.17) is 61.2 Å². The second kappa shape index (κ2) is 14.0. The van der Waals surface area contributed by atoms with Gasteiger partial charge in [0, 0.05) is 12.1 Å². The Balaban J connectivity index is 1.40. The van der Waals surface area contributed by atoms with Crippen LogP contribution >= 0.6 is 58.8 Å². The smallest absolute Gasteiger partial charge is 0.266 e. The fraction of sp³-hybridized carbons (Fsp3) is 0.233. The molecule has 1 fully saturated rings.